The highest BCUT2D eigenvalue weighted by Crippen LogP contribution is 2.51. The quantitative estimate of drug-likeness (QED) is 0.325. The van der Waals surface area contributed by atoms with E-state index in [2.05, 4.69) is 90.2 Å². The van der Waals surface area contributed by atoms with Crippen molar-refractivity contribution in [2.75, 3.05) is 6.61 Å². The molecule has 36 heavy (non-hydrogen) atoms. The van der Waals surface area contributed by atoms with Gasteiger partial charge in [0.2, 0.25) is 0 Å². The molecule has 1 fully saturated rings. The molecule has 2 aliphatic rings. The van der Waals surface area contributed by atoms with E-state index in [-0.39, 0.29) is 18.1 Å². The first-order valence-corrected chi connectivity index (χ1v) is 12.6. The predicted molar refractivity (Wildman–Crippen MR) is 140 cm³/mol. The van der Waals surface area contributed by atoms with Gasteiger partial charge in [-0.1, -0.05) is 109 Å². The smallest absolute Gasteiger partial charge is 0.306 e. The minimum Gasteiger partial charge on any atom is -0.461 e. The van der Waals surface area contributed by atoms with Crippen molar-refractivity contribution in [3.8, 4) is 11.1 Å². The molecule has 4 aromatic carbocycles. The standard InChI is InChI=1S/C32H29NO3/c34-31-20-19-30(36-31)29(22-35-21-23-11-3-1-4-12-23)33-32(24-13-5-2-6-14-24)27-17-9-7-15-25(27)26-16-8-10-18-28(26)32/h1-18,29-30,33H,19-22H2/t29-,30+/m1/s1. The van der Waals surface area contributed by atoms with Crippen LogP contribution < -0.4 is 5.32 Å². The number of benzene rings is 4. The Hall–Kier alpha value is -3.73. The first-order chi connectivity index (χ1) is 17.8. The van der Waals surface area contributed by atoms with Crippen molar-refractivity contribution in [2.45, 2.75) is 37.1 Å². The Morgan fingerprint density at radius 1 is 0.806 bits per heavy atom. The summed E-state index contributed by atoms with van der Waals surface area (Å²) in [6, 6.07) is 37.7. The summed E-state index contributed by atoms with van der Waals surface area (Å²) in [5.41, 5.74) is 6.52. The second kappa shape index (κ2) is 9.73. The number of hydrogen-bond donors (Lipinski definition) is 1. The SMILES string of the molecule is O=C1CC[C@@H]([C@@H](COCc2ccccc2)NC2(c3ccccc3)c3ccccc3-c3ccccc32)O1. The fourth-order valence-corrected chi connectivity index (χ4v) is 5.70. The van der Waals surface area contributed by atoms with Crippen molar-refractivity contribution in [2.24, 2.45) is 0 Å². The normalized spacial score (nSPS) is 18.3. The molecule has 1 saturated heterocycles. The average Bonchev–Trinajstić information content (AvgIpc) is 3.49. The molecule has 1 N–H and O–H groups in total. The Morgan fingerprint density at radius 3 is 2.00 bits per heavy atom. The highest BCUT2D eigenvalue weighted by Gasteiger charge is 2.47. The van der Waals surface area contributed by atoms with Gasteiger partial charge in [-0.15, -0.1) is 0 Å². The fourth-order valence-electron chi connectivity index (χ4n) is 5.70. The van der Waals surface area contributed by atoms with E-state index in [1.807, 2.05) is 24.3 Å². The van der Waals surface area contributed by atoms with Crippen molar-refractivity contribution in [3.05, 3.63) is 131 Å². The average molecular weight is 476 g/mol. The molecule has 0 saturated carbocycles. The first-order valence-electron chi connectivity index (χ1n) is 12.6. The summed E-state index contributed by atoms with van der Waals surface area (Å²) >= 11 is 0. The van der Waals surface area contributed by atoms with Crippen LogP contribution in [0.5, 0.6) is 0 Å². The number of carbonyl (C=O) groups is 1. The number of nitrogens with one attached hydrogen (secondary N) is 1. The molecule has 0 amide bonds. The molecular formula is C32H29NO3. The predicted octanol–water partition coefficient (Wildman–Crippen LogP) is 5.84. The van der Waals surface area contributed by atoms with Crippen LogP contribution in [0.3, 0.4) is 0 Å². The van der Waals surface area contributed by atoms with Crippen molar-refractivity contribution < 1.29 is 14.3 Å². The van der Waals surface area contributed by atoms with Crippen LogP contribution in [0.25, 0.3) is 11.1 Å². The van der Waals surface area contributed by atoms with Crippen LogP contribution in [0.15, 0.2) is 109 Å². The first kappa shape index (κ1) is 22.7. The van der Waals surface area contributed by atoms with Crippen LogP contribution in [0.4, 0.5) is 0 Å². The van der Waals surface area contributed by atoms with E-state index in [0.29, 0.717) is 26.1 Å². The second-order valence-electron chi connectivity index (χ2n) is 9.53. The molecule has 2 atom stereocenters. The number of ether oxygens (including phenoxy) is 2. The van der Waals surface area contributed by atoms with E-state index in [4.69, 9.17) is 9.47 Å². The van der Waals surface area contributed by atoms with E-state index in [0.717, 1.165) is 11.1 Å². The van der Waals surface area contributed by atoms with Gasteiger partial charge in [-0.05, 0) is 39.8 Å². The number of esters is 1. The van der Waals surface area contributed by atoms with Gasteiger partial charge in [-0.2, -0.15) is 0 Å². The van der Waals surface area contributed by atoms with E-state index in [1.54, 1.807) is 0 Å². The molecule has 6 rings (SSSR count). The topological polar surface area (TPSA) is 47.6 Å². The third-order valence-electron chi connectivity index (χ3n) is 7.33. The Labute approximate surface area is 211 Å². The van der Waals surface area contributed by atoms with Crippen LogP contribution >= 0.6 is 0 Å². The Bertz CT molecular complexity index is 1310. The van der Waals surface area contributed by atoms with Crippen molar-refractivity contribution in [1.29, 1.82) is 0 Å². The summed E-state index contributed by atoms with van der Waals surface area (Å²) in [4.78, 5) is 12.1. The van der Waals surface area contributed by atoms with E-state index < -0.39 is 5.54 Å². The lowest BCUT2D eigenvalue weighted by molar-refractivity contribution is -0.143. The Morgan fingerprint density at radius 2 is 1.39 bits per heavy atom. The van der Waals surface area contributed by atoms with Crippen molar-refractivity contribution in [3.63, 3.8) is 0 Å². The summed E-state index contributed by atoms with van der Waals surface area (Å²) in [6.45, 7) is 0.928. The maximum atomic E-state index is 12.1. The third kappa shape index (κ3) is 4.02. The lowest BCUT2D eigenvalue weighted by atomic mass is 9.79. The molecule has 1 aliphatic heterocycles. The van der Waals surface area contributed by atoms with Gasteiger partial charge in [0, 0.05) is 6.42 Å². The number of cyclic esters (lactones) is 1. The van der Waals surface area contributed by atoms with E-state index in [9.17, 15) is 4.79 Å². The van der Waals surface area contributed by atoms with Gasteiger partial charge in [0.15, 0.2) is 0 Å². The molecule has 0 spiro atoms. The highest BCUT2D eigenvalue weighted by molar-refractivity contribution is 5.83. The second-order valence-corrected chi connectivity index (χ2v) is 9.53. The molecule has 4 nitrogen and oxygen atoms in total. The minimum atomic E-state index is -0.593. The number of carbonyl (C=O) groups excluding carboxylic acids is 1. The molecule has 4 aromatic rings. The van der Waals surface area contributed by atoms with Crippen LogP contribution in [-0.4, -0.2) is 24.7 Å². The maximum absolute atomic E-state index is 12.1. The molecule has 0 bridgehead atoms. The minimum absolute atomic E-state index is 0.143. The highest BCUT2D eigenvalue weighted by atomic mass is 16.6. The summed E-state index contributed by atoms with van der Waals surface area (Å²) < 4.78 is 12.1. The molecule has 0 unspecified atom stereocenters. The van der Waals surface area contributed by atoms with Crippen LogP contribution in [0, 0.1) is 0 Å². The fraction of sp³-hybridized carbons (Fsp3) is 0.219. The molecule has 4 heteroatoms. The summed E-state index contributed by atoms with van der Waals surface area (Å²) in [7, 11) is 0. The zero-order valence-electron chi connectivity index (χ0n) is 20.1. The summed E-state index contributed by atoms with van der Waals surface area (Å²) in [6.07, 6.45) is 0.862. The van der Waals surface area contributed by atoms with Crippen LogP contribution in [0.2, 0.25) is 0 Å². The molecule has 0 aromatic heterocycles. The van der Waals surface area contributed by atoms with Gasteiger partial charge in [0.25, 0.3) is 0 Å². The maximum Gasteiger partial charge on any atom is 0.306 e. The van der Waals surface area contributed by atoms with Gasteiger partial charge in [0.05, 0.1) is 24.8 Å². The summed E-state index contributed by atoms with van der Waals surface area (Å²) in [5, 5.41) is 4.00. The largest absolute Gasteiger partial charge is 0.461 e. The Balaban J connectivity index is 1.42. The molecule has 1 heterocycles. The van der Waals surface area contributed by atoms with Crippen molar-refractivity contribution >= 4 is 5.97 Å². The monoisotopic (exact) mass is 475 g/mol. The lowest BCUT2D eigenvalue weighted by Crippen LogP contribution is -2.54. The zero-order chi connectivity index (χ0) is 24.4. The van der Waals surface area contributed by atoms with Gasteiger partial charge in [-0.3, -0.25) is 10.1 Å². The van der Waals surface area contributed by atoms with E-state index >= 15 is 0 Å². The van der Waals surface area contributed by atoms with Crippen molar-refractivity contribution in [1.82, 2.24) is 5.32 Å². The van der Waals surface area contributed by atoms with Gasteiger partial charge >= 0.3 is 5.97 Å². The number of fused-ring (bicyclic) bond motifs is 3. The van der Waals surface area contributed by atoms with Gasteiger partial charge in [0.1, 0.15) is 6.10 Å². The van der Waals surface area contributed by atoms with Gasteiger partial charge < -0.3 is 9.47 Å². The van der Waals surface area contributed by atoms with Gasteiger partial charge in [-0.25, -0.2) is 0 Å². The Kier molecular flexibility index (Phi) is 6.14. The van der Waals surface area contributed by atoms with Crippen LogP contribution in [-0.2, 0) is 26.4 Å². The molecular weight excluding hydrogens is 446 g/mol. The van der Waals surface area contributed by atoms with Crippen LogP contribution in [0.1, 0.15) is 35.1 Å². The third-order valence-corrected chi connectivity index (χ3v) is 7.33. The zero-order valence-corrected chi connectivity index (χ0v) is 20.1. The lowest BCUT2D eigenvalue weighted by Gasteiger charge is -2.39. The summed E-state index contributed by atoms with van der Waals surface area (Å²) in [5.74, 6) is -0.143. The molecule has 0 radical (unpaired) electrons. The van der Waals surface area contributed by atoms with E-state index in [1.165, 1.54) is 22.3 Å². The molecule has 180 valence electrons. The molecule has 1 aliphatic carbocycles. The number of hydrogen-bond acceptors (Lipinski definition) is 4. The number of rotatable bonds is 8.